The second-order valence-electron chi connectivity index (χ2n) is 7.56. The van der Waals surface area contributed by atoms with Gasteiger partial charge in [0, 0.05) is 19.6 Å². The third kappa shape index (κ3) is 3.58. The summed E-state index contributed by atoms with van der Waals surface area (Å²) in [5, 5.41) is 3.49. The zero-order chi connectivity index (χ0) is 14.9. The standard InChI is InChI=1S/C18H28N2O/c1-18(2,3)16-4-6-17(7-5-16)21-9-8-20-12-14-10-19-11-15(14)13-20/h4-7,14-15,19H,8-13H2,1-3H3/t14-,15+. The van der Waals surface area contributed by atoms with E-state index in [4.69, 9.17) is 4.74 Å². The molecule has 0 unspecified atom stereocenters. The number of likely N-dealkylation sites (tertiary alicyclic amines) is 1. The van der Waals surface area contributed by atoms with Gasteiger partial charge in [-0.05, 0) is 48.0 Å². The Hall–Kier alpha value is -1.06. The van der Waals surface area contributed by atoms with E-state index in [9.17, 15) is 0 Å². The molecule has 0 bridgehead atoms. The highest BCUT2D eigenvalue weighted by Crippen LogP contribution is 2.26. The summed E-state index contributed by atoms with van der Waals surface area (Å²) < 4.78 is 5.90. The second kappa shape index (κ2) is 5.98. The van der Waals surface area contributed by atoms with Crippen molar-refractivity contribution in [3.63, 3.8) is 0 Å². The maximum atomic E-state index is 5.90. The maximum Gasteiger partial charge on any atom is 0.119 e. The van der Waals surface area contributed by atoms with Crippen LogP contribution < -0.4 is 10.1 Å². The number of fused-ring (bicyclic) bond motifs is 1. The number of benzene rings is 1. The average molecular weight is 288 g/mol. The molecule has 1 aromatic carbocycles. The van der Waals surface area contributed by atoms with Crippen LogP contribution >= 0.6 is 0 Å². The molecule has 0 amide bonds. The summed E-state index contributed by atoms with van der Waals surface area (Å²) in [4.78, 5) is 2.56. The quantitative estimate of drug-likeness (QED) is 0.921. The highest BCUT2D eigenvalue weighted by Gasteiger charge is 2.35. The highest BCUT2D eigenvalue weighted by atomic mass is 16.5. The molecule has 2 aliphatic rings. The molecule has 2 fully saturated rings. The number of hydrogen-bond donors (Lipinski definition) is 1. The molecule has 2 atom stereocenters. The van der Waals surface area contributed by atoms with E-state index in [-0.39, 0.29) is 5.41 Å². The van der Waals surface area contributed by atoms with E-state index in [2.05, 4.69) is 55.3 Å². The van der Waals surface area contributed by atoms with Gasteiger partial charge in [0.2, 0.25) is 0 Å². The van der Waals surface area contributed by atoms with Crippen molar-refractivity contribution in [2.24, 2.45) is 11.8 Å². The smallest absolute Gasteiger partial charge is 0.119 e. The molecule has 3 nitrogen and oxygen atoms in total. The Morgan fingerprint density at radius 1 is 1.10 bits per heavy atom. The molecule has 1 aromatic rings. The molecular formula is C18H28N2O. The summed E-state index contributed by atoms with van der Waals surface area (Å²) in [6.45, 7) is 13.4. The molecule has 2 saturated heterocycles. The maximum absolute atomic E-state index is 5.90. The summed E-state index contributed by atoms with van der Waals surface area (Å²) >= 11 is 0. The summed E-state index contributed by atoms with van der Waals surface area (Å²) in [7, 11) is 0. The number of nitrogens with zero attached hydrogens (tertiary/aromatic N) is 1. The van der Waals surface area contributed by atoms with Crippen LogP contribution in [0.15, 0.2) is 24.3 Å². The minimum atomic E-state index is 0.208. The molecule has 0 spiro atoms. The molecule has 21 heavy (non-hydrogen) atoms. The first-order chi connectivity index (χ1) is 10.0. The van der Waals surface area contributed by atoms with Gasteiger partial charge < -0.3 is 10.1 Å². The first-order valence-corrected chi connectivity index (χ1v) is 8.19. The number of nitrogens with one attached hydrogen (secondary N) is 1. The summed E-state index contributed by atoms with van der Waals surface area (Å²) in [6, 6.07) is 8.56. The molecular weight excluding hydrogens is 260 g/mol. The van der Waals surface area contributed by atoms with Crippen molar-refractivity contribution in [2.45, 2.75) is 26.2 Å². The molecule has 1 N–H and O–H groups in total. The van der Waals surface area contributed by atoms with Crippen molar-refractivity contribution in [3.8, 4) is 5.75 Å². The lowest BCUT2D eigenvalue weighted by Crippen LogP contribution is -2.29. The molecule has 0 radical (unpaired) electrons. The fourth-order valence-corrected chi connectivity index (χ4v) is 3.48. The third-order valence-corrected chi connectivity index (χ3v) is 4.86. The van der Waals surface area contributed by atoms with Crippen LogP contribution in [0.25, 0.3) is 0 Å². The minimum Gasteiger partial charge on any atom is -0.492 e. The Labute approximate surface area is 128 Å². The van der Waals surface area contributed by atoms with Crippen LogP contribution in [0.5, 0.6) is 5.75 Å². The number of hydrogen-bond acceptors (Lipinski definition) is 3. The average Bonchev–Trinajstić information content (AvgIpc) is 2.99. The van der Waals surface area contributed by atoms with E-state index < -0.39 is 0 Å². The van der Waals surface area contributed by atoms with E-state index in [0.717, 1.165) is 30.7 Å². The van der Waals surface area contributed by atoms with Gasteiger partial charge in [-0.3, -0.25) is 4.90 Å². The SMILES string of the molecule is CC(C)(C)c1ccc(OCCN2C[C@H]3CNC[C@H]3C2)cc1. The topological polar surface area (TPSA) is 24.5 Å². The second-order valence-corrected chi connectivity index (χ2v) is 7.56. The molecule has 2 heterocycles. The van der Waals surface area contributed by atoms with Crippen molar-refractivity contribution in [3.05, 3.63) is 29.8 Å². The van der Waals surface area contributed by atoms with Crippen LogP contribution in [0.3, 0.4) is 0 Å². The van der Waals surface area contributed by atoms with Crippen LogP contribution in [0.1, 0.15) is 26.3 Å². The van der Waals surface area contributed by atoms with Gasteiger partial charge >= 0.3 is 0 Å². The Balaban J connectivity index is 1.43. The van der Waals surface area contributed by atoms with Gasteiger partial charge in [0.25, 0.3) is 0 Å². The van der Waals surface area contributed by atoms with E-state index in [1.165, 1.54) is 31.7 Å². The summed E-state index contributed by atoms with van der Waals surface area (Å²) in [5.41, 5.74) is 1.56. The van der Waals surface area contributed by atoms with Crippen LogP contribution in [0, 0.1) is 11.8 Å². The lowest BCUT2D eigenvalue weighted by Gasteiger charge is -2.20. The molecule has 0 saturated carbocycles. The zero-order valence-electron chi connectivity index (χ0n) is 13.6. The van der Waals surface area contributed by atoms with Crippen molar-refractivity contribution in [1.29, 1.82) is 0 Å². The van der Waals surface area contributed by atoms with Gasteiger partial charge in [0.15, 0.2) is 0 Å². The molecule has 3 heteroatoms. The number of ether oxygens (including phenoxy) is 1. The van der Waals surface area contributed by atoms with Gasteiger partial charge in [-0.1, -0.05) is 32.9 Å². The Morgan fingerprint density at radius 3 is 2.29 bits per heavy atom. The van der Waals surface area contributed by atoms with Gasteiger partial charge in [-0.2, -0.15) is 0 Å². The summed E-state index contributed by atoms with van der Waals surface area (Å²) in [6.07, 6.45) is 0. The lowest BCUT2D eigenvalue weighted by molar-refractivity contribution is 0.228. The predicted molar refractivity (Wildman–Crippen MR) is 86.9 cm³/mol. The third-order valence-electron chi connectivity index (χ3n) is 4.86. The van der Waals surface area contributed by atoms with Crippen molar-refractivity contribution in [1.82, 2.24) is 10.2 Å². The van der Waals surface area contributed by atoms with Crippen LogP contribution in [0.4, 0.5) is 0 Å². The van der Waals surface area contributed by atoms with Crippen LogP contribution in [-0.4, -0.2) is 44.2 Å². The van der Waals surface area contributed by atoms with E-state index in [1.807, 2.05) is 0 Å². The Bertz CT molecular complexity index is 451. The normalized spacial score (nSPS) is 26.0. The number of rotatable bonds is 4. The first-order valence-electron chi connectivity index (χ1n) is 8.19. The van der Waals surface area contributed by atoms with E-state index in [1.54, 1.807) is 0 Å². The van der Waals surface area contributed by atoms with Gasteiger partial charge in [-0.25, -0.2) is 0 Å². The Kier molecular flexibility index (Phi) is 4.23. The van der Waals surface area contributed by atoms with Crippen LogP contribution in [-0.2, 0) is 5.41 Å². The minimum absolute atomic E-state index is 0.208. The van der Waals surface area contributed by atoms with Gasteiger partial charge in [-0.15, -0.1) is 0 Å². The largest absolute Gasteiger partial charge is 0.492 e. The van der Waals surface area contributed by atoms with E-state index in [0.29, 0.717) is 0 Å². The molecule has 0 aliphatic carbocycles. The monoisotopic (exact) mass is 288 g/mol. The molecule has 116 valence electrons. The fourth-order valence-electron chi connectivity index (χ4n) is 3.48. The molecule has 3 rings (SSSR count). The van der Waals surface area contributed by atoms with Crippen molar-refractivity contribution < 1.29 is 4.74 Å². The highest BCUT2D eigenvalue weighted by molar-refractivity contribution is 5.31. The van der Waals surface area contributed by atoms with Crippen molar-refractivity contribution in [2.75, 3.05) is 39.3 Å². The summed E-state index contributed by atoms with van der Waals surface area (Å²) in [5.74, 6) is 2.73. The van der Waals surface area contributed by atoms with Gasteiger partial charge in [0.05, 0.1) is 0 Å². The van der Waals surface area contributed by atoms with Crippen molar-refractivity contribution >= 4 is 0 Å². The zero-order valence-corrected chi connectivity index (χ0v) is 13.6. The van der Waals surface area contributed by atoms with Gasteiger partial charge in [0.1, 0.15) is 12.4 Å². The fraction of sp³-hybridized carbons (Fsp3) is 0.667. The lowest BCUT2D eigenvalue weighted by atomic mass is 9.87. The molecule has 2 aliphatic heterocycles. The molecule has 0 aromatic heterocycles. The first kappa shape index (κ1) is 14.9. The Morgan fingerprint density at radius 2 is 1.71 bits per heavy atom. The van der Waals surface area contributed by atoms with E-state index >= 15 is 0 Å². The predicted octanol–water partition coefficient (Wildman–Crippen LogP) is 2.51. The van der Waals surface area contributed by atoms with Crippen LogP contribution in [0.2, 0.25) is 0 Å².